The Bertz CT molecular complexity index is 549. The van der Waals surface area contributed by atoms with Gasteiger partial charge in [0.05, 0.1) is 25.6 Å². The maximum absolute atomic E-state index is 12.7. The van der Waals surface area contributed by atoms with Crippen LogP contribution in [0.1, 0.15) is 12.0 Å². The second-order valence-corrected chi connectivity index (χ2v) is 12.1. The van der Waals surface area contributed by atoms with Crippen LogP contribution in [0.2, 0.25) is 24.7 Å². The van der Waals surface area contributed by atoms with Crippen LogP contribution in [0.5, 0.6) is 0 Å². The number of carbonyl (C=O) groups is 2. The number of amides is 2. The third kappa shape index (κ3) is 1.62. The van der Waals surface area contributed by atoms with Crippen molar-refractivity contribution in [3.8, 4) is 0 Å². The second-order valence-electron chi connectivity index (χ2n) is 6.69. The van der Waals surface area contributed by atoms with Crippen molar-refractivity contribution in [2.45, 2.75) is 37.6 Å². The zero-order valence-corrected chi connectivity index (χ0v) is 12.6. The van der Waals surface area contributed by atoms with Crippen molar-refractivity contribution in [3.05, 3.63) is 35.9 Å². The molecule has 1 aromatic carbocycles. The number of piperidine rings is 1. The normalized spacial score (nSPS) is 29.6. The van der Waals surface area contributed by atoms with E-state index in [1.54, 1.807) is 0 Å². The van der Waals surface area contributed by atoms with Gasteiger partial charge in [0, 0.05) is 0 Å². The van der Waals surface area contributed by atoms with Gasteiger partial charge in [0.15, 0.2) is 0 Å². The van der Waals surface area contributed by atoms with E-state index in [1.165, 1.54) is 4.90 Å². The van der Waals surface area contributed by atoms with Gasteiger partial charge in [-0.2, -0.15) is 0 Å². The van der Waals surface area contributed by atoms with Crippen LogP contribution in [-0.2, 0) is 16.1 Å². The van der Waals surface area contributed by atoms with Gasteiger partial charge in [-0.05, 0) is 12.0 Å². The number of benzene rings is 1. The van der Waals surface area contributed by atoms with Crippen LogP contribution in [0.3, 0.4) is 0 Å². The Morgan fingerprint density at radius 2 is 1.84 bits per heavy atom. The van der Waals surface area contributed by atoms with Crippen LogP contribution in [0.4, 0.5) is 0 Å². The van der Waals surface area contributed by atoms with Gasteiger partial charge in [-0.3, -0.25) is 14.5 Å². The van der Waals surface area contributed by atoms with Gasteiger partial charge < -0.3 is 0 Å². The van der Waals surface area contributed by atoms with Crippen molar-refractivity contribution in [3.63, 3.8) is 0 Å². The first kappa shape index (κ1) is 12.6. The third-order valence-corrected chi connectivity index (χ3v) is 8.12. The molecule has 1 aromatic rings. The van der Waals surface area contributed by atoms with Crippen LogP contribution < -0.4 is 0 Å². The lowest BCUT2D eigenvalue weighted by Crippen LogP contribution is -2.40. The minimum Gasteiger partial charge on any atom is -0.278 e. The summed E-state index contributed by atoms with van der Waals surface area (Å²) >= 11 is 0. The van der Waals surface area contributed by atoms with Crippen molar-refractivity contribution < 1.29 is 9.59 Å². The SMILES string of the molecule is C[Si](C)(C)[C@]12C[C@H]1C(=O)N(Cc1ccccc1)C2=O. The van der Waals surface area contributed by atoms with E-state index >= 15 is 0 Å². The van der Waals surface area contributed by atoms with Crippen molar-refractivity contribution in [2.75, 3.05) is 0 Å². The van der Waals surface area contributed by atoms with Gasteiger partial charge in [-0.1, -0.05) is 50.0 Å². The highest BCUT2D eigenvalue weighted by Crippen LogP contribution is 2.70. The van der Waals surface area contributed by atoms with E-state index in [-0.39, 0.29) is 22.8 Å². The number of fused-ring (bicyclic) bond motifs is 1. The molecule has 2 atom stereocenters. The van der Waals surface area contributed by atoms with E-state index in [1.807, 2.05) is 30.3 Å². The molecule has 1 saturated heterocycles. The molecule has 0 spiro atoms. The van der Waals surface area contributed by atoms with E-state index in [4.69, 9.17) is 0 Å². The molecular formula is C15H19NO2Si. The third-order valence-electron chi connectivity index (χ3n) is 4.67. The van der Waals surface area contributed by atoms with Crippen molar-refractivity contribution in [2.24, 2.45) is 5.92 Å². The quantitative estimate of drug-likeness (QED) is 0.627. The first-order valence-corrected chi connectivity index (χ1v) is 10.3. The number of hydrogen-bond acceptors (Lipinski definition) is 2. The lowest BCUT2D eigenvalue weighted by atomic mass is 10.2. The Balaban J connectivity index is 1.87. The summed E-state index contributed by atoms with van der Waals surface area (Å²) in [4.78, 5) is 26.5. The van der Waals surface area contributed by atoms with E-state index < -0.39 is 8.07 Å². The average molecular weight is 273 g/mol. The highest BCUT2D eigenvalue weighted by molar-refractivity contribution is 6.84. The zero-order valence-electron chi connectivity index (χ0n) is 11.6. The average Bonchev–Trinajstić information content (AvgIpc) is 3.07. The van der Waals surface area contributed by atoms with Crippen LogP contribution >= 0.6 is 0 Å². The predicted molar refractivity (Wildman–Crippen MR) is 76.1 cm³/mol. The molecule has 1 heterocycles. The van der Waals surface area contributed by atoms with Gasteiger partial charge in [-0.15, -0.1) is 0 Å². The number of imide groups is 1. The summed E-state index contributed by atoms with van der Waals surface area (Å²) in [6, 6.07) is 9.75. The highest BCUT2D eigenvalue weighted by Gasteiger charge is 2.76. The Labute approximate surface area is 114 Å². The van der Waals surface area contributed by atoms with E-state index in [0.29, 0.717) is 6.54 Å². The summed E-state index contributed by atoms with van der Waals surface area (Å²) in [5, 5.41) is -0.293. The van der Waals surface area contributed by atoms with Crippen molar-refractivity contribution in [1.29, 1.82) is 0 Å². The molecule has 2 aliphatic rings. The monoisotopic (exact) mass is 273 g/mol. The first-order valence-electron chi connectivity index (χ1n) is 6.78. The number of nitrogens with zero attached hydrogens (tertiary/aromatic N) is 1. The molecule has 0 bridgehead atoms. The van der Waals surface area contributed by atoms with E-state index in [0.717, 1.165) is 12.0 Å². The predicted octanol–water partition coefficient (Wildman–Crippen LogP) is 2.65. The maximum Gasteiger partial charge on any atom is 0.233 e. The fourth-order valence-electron chi connectivity index (χ4n) is 3.39. The molecule has 0 radical (unpaired) electrons. The Morgan fingerprint density at radius 3 is 2.37 bits per heavy atom. The molecule has 0 N–H and O–H groups in total. The molecule has 0 unspecified atom stereocenters. The molecule has 3 rings (SSSR count). The number of rotatable bonds is 3. The van der Waals surface area contributed by atoms with E-state index in [9.17, 15) is 9.59 Å². The lowest BCUT2D eigenvalue weighted by molar-refractivity contribution is -0.141. The molecule has 19 heavy (non-hydrogen) atoms. The van der Waals surface area contributed by atoms with Crippen LogP contribution in [-0.4, -0.2) is 24.8 Å². The lowest BCUT2D eigenvalue weighted by Gasteiger charge is -2.27. The molecule has 1 aliphatic carbocycles. The zero-order chi connectivity index (χ0) is 13.8. The number of carbonyl (C=O) groups excluding carboxylic acids is 2. The summed E-state index contributed by atoms with van der Waals surface area (Å²) in [6.07, 6.45) is 0.797. The molecule has 2 amide bonds. The van der Waals surface area contributed by atoms with Crippen molar-refractivity contribution in [1.82, 2.24) is 4.90 Å². The standard InChI is InChI=1S/C15H19NO2Si/c1-19(2,3)15-9-12(15)13(17)16(14(15)18)10-11-7-5-4-6-8-11/h4-8,12H,9-10H2,1-3H3/t12-,15+/m0/s1. The summed E-state index contributed by atoms with van der Waals surface area (Å²) < 4.78 is 0. The number of likely N-dealkylation sites (tertiary alicyclic amines) is 1. The first-order chi connectivity index (χ1) is 8.88. The summed E-state index contributed by atoms with van der Waals surface area (Å²) in [5.41, 5.74) is 1.02. The fraction of sp³-hybridized carbons (Fsp3) is 0.467. The Hall–Kier alpha value is -1.42. The minimum absolute atomic E-state index is 0.0182. The van der Waals surface area contributed by atoms with Gasteiger partial charge in [0.1, 0.15) is 0 Å². The summed E-state index contributed by atoms with van der Waals surface area (Å²) in [5.74, 6) is 0.122. The van der Waals surface area contributed by atoms with E-state index in [2.05, 4.69) is 19.6 Å². The van der Waals surface area contributed by atoms with Gasteiger partial charge in [-0.25, -0.2) is 0 Å². The molecule has 1 aliphatic heterocycles. The molecule has 1 saturated carbocycles. The second kappa shape index (κ2) is 3.79. The van der Waals surface area contributed by atoms with Crippen molar-refractivity contribution >= 4 is 19.9 Å². The Kier molecular flexibility index (Phi) is 2.51. The molecule has 100 valence electrons. The highest BCUT2D eigenvalue weighted by atomic mass is 28.3. The smallest absolute Gasteiger partial charge is 0.233 e. The van der Waals surface area contributed by atoms with Crippen LogP contribution in [0, 0.1) is 5.92 Å². The van der Waals surface area contributed by atoms with Crippen LogP contribution in [0.15, 0.2) is 30.3 Å². The van der Waals surface area contributed by atoms with Gasteiger partial charge >= 0.3 is 0 Å². The summed E-state index contributed by atoms with van der Waals surface area (Å²) in [6.45, 7) is 7.03. The largest absolute Gasteiger partial charge is 0.278 e. The molecule has 4 heteroatoms. The molecule has 0 aromatic heterocycles. The maximum atomic E-state index is 12.7. The Morgan fingerprint density at radius 1 is 1.21 bits per heavy atom. The summed E-state index contributed by atoms with van der Waals surface area (Å²) in [7, 11) is -1.65. The molecule has 3 nitrogen and oxygen atoms in total. The fourth-order valence-corrected chi connectivity index (χ4v) is 6.15. The van der Waals surface area contributed by atoms with Crippen LogP contribution in [0.25, 0.3) is 0 Å². The number of hydrogen-bond donors (Lipinski definition) is 0. The van der Waals surface area contributed by atoms with Gasteiger partial charge in [0.25, 0.3) is 0 Å². The minimum atomic E-state index is -1.65. The van der Waals surface area contributed by atoms with Gasteiger partial charge in [0.2, 0.25) is 11.8 Å². The topological polar surface area (TPSA) is 37.4 Å². The molecular weight excluding hydrogens is 254 g/mol. The molecule has 2 fully saturated rings.